The fourth-order valence-corrected chi connectivity index (χ4v) is 3.63. The van der Waals surface area contributed by atoms with Crippen molar-refractivity contribution >= 4 is 5.91 Å². The van der Waals surface area contributed by atoms with Gasteiger partial charge in [0, 0.05) is 57.7 Å². The number of piperazine rings is 1. The van der Waals surface area contributed by atoms with E-state index in [4.69, 9.17) is 4.74 Å². The van der Waals surface area contributed by atoms with E-state index in [0.717, 1.165) is 36.5 Å². The van der Waals surface area contributed by atoms with Crippen LogP contribution in [-0.4, -0.2) is 61.4 Å². The molecule has 2 aromatic heterocycles. The molecule has 0 saturated carbocycles. The summed E-state index contributed by atoms with van der Waals surface area (Å²) in [4.78, 5) is 17.0. The minimum atomic E-state index is -0.0264. The number of hydrogen-bond donors (Lipinski definition) is 0. The molecule has 8 heteroatoms. The molecule has 158 valence electrons. The van der Waals surface area contributed by atoms with Gasteiger partial charge < -0.3 is 9.64 Å². The lowest BCUT2D eigenvalue weighted by Crippen LogP contribution is -2.48. The van der Waals surface area contributed by atoms with E-state index in [2.05, 4.69) is 21.2 Å². The molecule has 0 unspecified atom stereocenters. The Balaban J connectivity index is 1.29. The van der Waals surface area contributed by atoms with Gasteiger partial charge in [-0.2, -0.15) is 10.2 Å². The molecular formula is C22H28N6O2. The number of nitrogens with zero attached hydrogens (tertiary/aromatic N) is 6. The predicted molar refractivity (Wildman–Crippen MR) is 113 cm³/mol. The zero-order valence-corrected chi connectivity index (χ0v) is 17.8. The molecule has 0 radical (unpaired) electrons. The van der Waals surface area contributed by atoms with E-state index in [1.807, 2.05) is 55.0 Å². The number of aromatic nitrogens is 4. The van der Waals surface area contributed by atoms with Crippen LogP contribution in [0.15, 0.2) is 42.9 Å². The molecule has 8 nitrogen and oxygen atoms in total. The van der Waals surface area contributed by atoms with Crippen molar-refractivity contribution in [2.45, 2.75) is 27.1 Å². The summed E-state index contributed by atoms with van der Waals surface area (Å²) in [7, 11) is 1.92. The average molecular weight is 409 g/mol. The minimum absolute atomic E-state index is 0.0264. The lowest BCUT2D eigenvalue weighted by Gasteiger charge is -2.34. The first-order chi connectivity index (χ1) is 14.5. The second-order valence-corrected chi connectivity index (χ2v) is 7.87. The number of ether oxygens (including phenoxy) is 1. The maximum absolute atomic E-state index is 12.8. The average Bonchev–Trinajstić information content (AvgIpc) is 3.38. The van der Waals surface area contributed by atoms with Crippen molar-refractivity contribution in [3.63, 3.8) is 0 Å². The Morgan fingerprint density at radius 1 is 1.13 bits per heavy atom. The highest BCUT2D eigenvalue weighted by atomic mass is 16.5. The number of hydrogen-bond acceptors (Lipinski definition) is 5. The van der Waals surface area contributed by atoms with Crippen LogP contribution < -0.4 is 4.74 Å². The van der Waals surface area contributed by atoms with Gasteiger partial charge in [-0.25, -0.2) is 4.68 Å². The summed E-state index contributed by atoms with van der Waals surface area (Å²) < 4.78 is 9.35. The van der Waals surface area contributed by atoms with Crippen LogP contribution in [-0.2, 0) is 20.3 Å². The number of carbonyl (C=O) groups is 1. The second kappa shape index (κ2) is 8.71. The smallest absolute Gasteiger partial charge is 0.274 e. The third kappa shape index (κ3) is 4.71. The topological polar surface area (TPSA) is 68.4 Å². The van der Waals surface area contributed by atoms with Gasteiger partial charge in [0.05, 0.1) is 6.20 Å². The fourth-order valence-electron chi connectivity index (χ4n) is 3.63. The third-order valence-corrected chi connectivity index (χ3v) is 5.38. The van der Waals surface area contributed by atoms with Gasteiger partial charge in [0.25, 0.3) is 5.91 Å². The number of benzene rings is 1. The predicted octanol–water partition coefficient (Wildman–Crippen LogP) is 2.23. The van der Waals surface area contributed by atoms with Crippen LogP contribution in [0.1, 0.15) is 27.2 Å². The van der Waals surface area contributed by atoms with Gasteiger partial charge in [-0.1, -0.05) is 12.1 Å². The highest BCUT2D eigenvalue weighted by molar-refractivity contribution is 5.92. The van der Waals surface area contributed by atoms with Crippen LogP contribution in [0.25, 0.3) is 0 Å². The van der Waals surface area contributed by atoms with Crippen molar-refractivity contribution in [1.29, 1.82) is 0 Å². The van der Waals surface area contributed by atoms with E-state index >= 15 is 0 Å². The molecule has 4 rings (SSSR count). The van der Waals surface area contributed by atoms with Gasteiger partial charge in [-0.15, -0.1) is 0 Å². The molecule has 30 heavy (non-hydrogen) atoms. The number of aryl methyl sites for hydroxylation is 3. The maximum atomic E-state index is 12.8. The molecule has 3 heterocycles. The van der Waals surface area contributed by atoms with Crippen molar-refractivity contribution in [3.8, 4) is 5.75 Å². The lowest BCUT2D eigenvalue weighted by molar-refractivity contribution is 0.0621. The molecule has 0 spiro atoms. The number of carbonyl (C=O) groups excluding carboxylic acids is 1. The fraction of sp³-hybridized carbons (Fsp3) is 0.409. The van der Waals surface area contributed by atoms with Gasteiger partial charge in [-0.05, 0) is 37.1 Å². The molecule has 1 aromatic carbocycles. The minimum Gasteiger partial charge on any atom is -0.471 e. The van der Waals surface area contributed by atoms with E-state index in [1.165, 1.54) is 5.56 Å². The summed E-state index contributed by atoms with van der Waals surface area (Å²) in [5.74, 6) is 0.810. The van der Waals surface area contributed by atoms with Gasteiger partial charge in [0.1, 0.15) is 5.75 Å². The Morgan fingerprint density at radius 2 is 1.93 bits per heavy atom. The van der Waals surface area contributed by atoms with Crippen molar-refractivity contribution in [3.05, 3.63) is 65.2 Å². The van der Waals surface area contributed by atoms with E-state index in [-0.39, 0.29) is 12.6 Å². The summed E-state index contributed by atoms with van der Waals surface area (Å²) in [5.41, 5.74) is 3.88. The Morgan fingerprint density at radius 3 is 2.67 bits per heavy atom. The zero-order valence-electron chi connectivity index (χ0n) is 17.8. The molecule has 0 bridgehead atoms. The highest BCUT2D eigenvalue weighted by Crippen LogP contribution is 2.19. The largest absolute Gasteiger partial charge is 0.471 e. The summed E-state index contributed by atoms with van der Waals surface area (Å²) in [6.45, 7) is 8.27. The summed E-state index contributed by atoms with van der Waals surface area (Å²) in [6.07, 6.45) is 5.71. The number of amides is 1. The maximum Gasteiger partial charge on any atom is 0.274 e. The van der Waals surface area contributed by atoms with Crippen molar-refractivity contribution in [2.24, 2.45) is 7.05 Å². The SMILES string of the molecule is Cc1ccc(C)c(OCn2ccc(C(=O)N3CCN(Cc4cnn(C)c4)CC3)n2)c1. The summed E-state index contributed by atoms with van der Waals surface area (Å²) >= 11 is 0. The van der Waals surface area contributed by atoms with E-state index in [0.29, 0.717) is 18.8 Å². The third-order valence-electron chi connectivity index (χ3n) is 5.38. The van der Waals surface area contributed by atoms with Crippen LogP contribution in [0, 0.1) is 13.8 Å². The van der Waals surface area contributed by atoms with Gasteiger partial charge in [0.2, 0.25) is 0 Å². The van der Waals surface area contributed by atoms with Gasteiger partial charge in [-0.3, -0.25) is 14.4 Å². The molecule has 1 aliphatic heterocycles. The first-order valence-corrected chi connectivity index (χ1v) is 10.2. The molecule has 3 aromatic rings. The molecular weight excluding hydrogens is 380 g/mol. The van der Waals surface area contributed by atoms with Crippen LogP contribution in [0.2, 0.25) is 0 Å². The quantitative estimate of drug-likeness (QED) is 0.626. The van der Waals surface area contributed by atoms with Crippen molar-refractivity contribution < 1.29 is 9.53 Å². The van der Waals surface area contributed by atoms with Crippen LogP contribution in [0.3, 0.4) is 0 Å². The van der Waals surface area contributed by atoms with Gasteiger partial charge >= 0.3 is 0 Å². The highest BCUT2D eigenvalue weighted by Gasteiger charge is 2.24. The van der Waals surface area contributed by atoms with Crippen molar-refractivity contribution in [2.75, 3.05) is 26.2 Å². The van der Waals surface area contributed by atoms with Gasteiger partial charge in [0.15, 0.2) is 12.4 Å². The Bertz CT molecular complexity index is 1020. The first kappa shape index (κ1) is 20.2. The zero-order chi connectivity index (χ0) is 21.1. The molecule has 1 aliphatic rings. The summed E-state index contributed by atoms with van der Waals surface area (Å²) in [6, 6.07) is 7.87. The molecule has 0 atom stereocenters. The van der Waals surface area contributed by atoms with E-state index < -0.39 is 0 Å². The molecule has 1 amide bonds. The normalized spacial score (nSPS) is 14.8. The molecule has 0 N–H and O–H groups in total. The molecule has 1 saturated heterocycles. The van der Waals surface area contributed by atoms with E-state index in [9.17, 15) is 4.79 Å². The lowest BCUT2D eigenvalue weighted by atomic mass is 10.1. The monoisotopic (exact) mass is 408 g/mol. The molecule has 0 aliphatic carbocycles. The standard InChI is InChI=1S/C22H28N6O2/c1-17-4-5-18(2)21(12-17)30-16-28-7-6-20(24-28)22(29)27-10-8-26(9-11-27)15-19-13-23-25(3)14-19/h4-7,12-14H,8-11,15-16H2,1-3H3. The Hall–Kier alpha value is -3.13. The van der Waals surface area contributed by atoms with Crippen LogP contribution in [0.5, 0.6) is 5.75 Å². The summed E-state index contributed by atoms with van der Waals surface area (Å²) in [5, 5.41) is 8.63. The van der Waals surface area contributed by atoms with E-state index in [1.54, 1.807) is 16.9 Å². The Kier molecular flexibility index (Phi) is 5.85. The van der Waals surface area contributed by atoms with Crippen molar-refractivity contribution in [1.82, 2.24) is 29.4 Å². The molecule has 1 fully saturated rings. The number of rotatable bonds is 6. The van der Waals surface area contributed by atoms with Crippen LogP contribution >= 0.6 is 0 Å². The first-order valence-electron chi connectivity index (χ1n) is 10.2. The van der Waals surface area contributed by atoms with Crippen LogP contribution in [0.4, 0.5) is 0 Å². The Labute approximate surface area is 176 Å². The second-order valence-electron chi connectivity index (χ2n) is 7.87.